The average molecular weight is 558 g/mol. The molecule has 0 bridgehead atoms. The number of carboxylic acids is 1. The Kier molecular flexibility index (Phi) is 6.68. The van der Waals surface area contributed by atoms with Gasteiger partial charge in [-0.05, 0) is 48.6 Å². The first kappa shape index (κ1) is 24.6. The molecule has 0 unspecified atom stereocenters. The van der Waals surface area contributed by atoms with E-state index in [1.807, 2.05) is 0 Å². The maximum Gasteiger partial charge on any atom is 0.431 e. The van der Waals surface area contributed by atoms with Crippen LogP contribution in [0.25, 0.3) is 5.69 Å². The summed E-state index contributed by atoms with van der Waals surface area (Å²) in [6.07, 6.45) is -5.54. The molecule has 0 aliphatic heterocycles. The van der Waals surface area contributed by atoms with Crippen LogP contribution in [-0.4, -0.2) is 31.8 Å². The van der Waals surface area contributed by atoms with Gasteiger partial charge in [0.25, 0.3) is 5.56 Å². The first-order valence-electron chi connectivity index (χ1n) is 8.40. The molecule has 1 N–H and O–H groups in total. The van der Waals surface area contributed by atoms with Gasteiger partial charge in [0.05, 0.1) is 17.7 Å². The van der Waals surface area contributed by atoms with Crippen molar-refractivity contribution in [1.82, 2.24) is 9.13 Å². The fraction of sp³-hybridized carbons (Fsp3) is 0.333. The van der Waals surface area contributed by atoms with Crippen LogP contribution in [0, 0.1) is 9.39 Å². The summed E-state index contributed by atoms with van der Waals surface area (Å²) < 4.78 is 59.0. The van der Waals surface area contributed by atoms with Crippen molar-refractivity contribution in [3.8, 4) is 5.69 Å². The minimum absolute atomic E-state index is 0.00626. The number of rotatable bonds is 5. The second-order valence-electron chi connectivity index (χ2n) is 7.05. The van der Waals surface area contributed by atoms with E-state index in [0.29, 0.717) is 0 Å². The van der Waals surface area contributed by atoms with Crippen LogP contribution in [-0.2, 0) is 22.8 Å². The van der Waals surface area contributed by atoms with Crippen LogP contribution >= 0.6 is 22.6 Å². The third-order valence-electron chi connectivity index (χ3n) is 4.05. The zero-order chi connectivity index (χ0) is 23.9. The predicted molar refractivity (Wildman–Crippen MR) is 107 cm³/mol. The molecule has 2 rings (SSSR count). The second kappa shape index (κ2) is 8.43. The summed E-state index contributed by atoms with van der Waals surface area (Å²) in [5, 5.41) is 8.89. The van der Waals surface area contributed by atoms with E-state index in [4.69, 9.17) is 9.84 Å². The first-order chi connectivity index (χ1) is 14.0. The van der Waals surface area contributed by atoms with Gasteiger partial charge >= 0.3 is 23.8 Å². The Hall–Kier alpha value is -2.71. The number of benzene rings is 1. The van der Waals surface area contributed by atoms with Gasteiger partial charge in [-0.25, -0.2) is 18.5 Å². The van der Waals surface area contributed by atoms with Crippen LogP contribution in [0.5, 0.6) is 0 Å². The van der Waals surface area contributed by atoms with Crippen LogP contribution in [0.2, 0.25) is 0 Å². The number of aliphatic carboxylic acids is 1. The van der Waals surface area contributed by atoms with Gasteiger partial charge in [-0.3, -0.25) is 14.2 Å². The van der Waals surface area contributed by atoms with Crippen LogP contribution < -0.4 is 11.2 Å². The molecule has 2 aromatic rings. The van der Waals surface area contributed by atoms with Gasteiger partial charge in [-0.2, -0.15) is 13.2 Å². The lowest BCUT2D eigenvalue weighted by Gasteiger charge is -2.23. The zero-order valence-electron chi connectivity index (χ0n) is 16.2. The predicted octanol–water partition coefficient (Wildman–Crippen LogP) is 2.71. The van der Waals surface area contributed by atoms with E-state index in [0.717, 1.165) is 19.2 Å². The molecule has 0 amide bonds. The van der Waals surface area contributed by atoms with E-state index < -0.39 is 58.6 Å². The van der Waals surface area contributed by atoms with Gasteiger partial charge in [0.2, 0.25) is 0 Å². The molecule has 168 valence electrons. The Labute approximate surface area is 185 Å². The highest BCUT2D eigenvalue weighted by atomic mass is 127. The summed E-state index contributed by atoms with van der Waals surface area (Å²) in [5.74, 6) is -3.47. The van der Waals surface area contributed by atoms with E-state index >= 15 is 0 Å². The third kappa shape index (κ3) is 5.32. The van der Waals surface area contributed by atoms with Crippen LogP contribution in [0.3, 0.4) is 0 Å². The Morgan fingerprint density at radius 2 is 1.74 bits per heavy atom. The molecule has 0 saturated carbocycles. The number of hydrogen-bond donors (Lipinski definition) is 1. The van der Waals surface area contributed by atoms with Gasteiger partial charge in [-0.1, -0.05) is 0 Å². The Balaban J connectivity index is 2.65. The molecule has 0 atom stereocenters. The van der Waals surface area contributed by atoms with Crippen molar-refractivity contribution in [2.45, 2.75) is 32.0 Å². The van der Waals surface area contributed by atoms with Crippen molar-refractivity contribution < 1.29 is 37.0 Å². The van der Waals surface area contributed by atoms with E-state index in [2.05, 4.69) is 0 Å². The Morgan fingerprint density at radius 3 is 2.26 bits per heavy atom. The molecule has 0 aliphatic carbocycles. The molecule has 1 aromatic carbocycles. The highest BCUT2D eigenvalue weighted by Gasteiger charge is 2.35. The lowest BCUT2D eigenvalue weighted by atomic mass is 10.1. The summed E-state index contributed by atoms with van der Waals surface area (Å²) >= 11 is 1.58. The standard InChI is InChI=1S/C18H15F4IN2O6/c1-17(2,7-14(27)28)31-15(29)8-4-11(9(19)5-10(8)23)25-13(26)6-12(18(20,21)22)24(3)16(25)30/h4-6H,7H2,1-3H3,(H,27,28). The van der Waals surface area contributed by atoms with Crippen molar-refractivity contribution >= 4 is 34.5 Å². The molecule has 13 heteroatoms. The van der Waals surface area contributed by atoms with Crippen molar-refractivity contribution in [3.63, 3.8) is 0 Å². The number of ether oxygens (including phenoxy) is 1. The Morgan fingerprint density at radius 1 is 1.16 bits per heavy atom. The summed E-state index contributed by atoms with van der Waals surface area (Å²) in [7, 11) is 0.759. The fourth-order valence-corrected chi connectivity index (χ4v) is 3.34. The summed E-state index contributed by atoms with van der Waals surface area (Å²) in [6.45, 7) is 2.65. The zero-order valence-corrected chi connectivity index (χ0v) is 18.4. The summed E-state index contributed by atoms with van der Waals surface area (Å²) in [5.41, 5.74) is -6.99. The normalized spacial score (nSPS) is 12.0. The third-order valence-corrected chi connectivity index (χ3v) is 4.95. The maximum absolute atomic E-state index is 14.6. The van der Waals surface area contributed by atoms with Crippen LogP contribution in [0.4, 0.5) is 17.6 Å². The maximum atomic E-state index is 14.6. The van der Waals surface area contributed by atoms with Gasteiger partial charge in [0, 0.05) is 16.7 Å². The first-order valence-corrected chi connectivity index (χ1v) is 9.48. The largest absolute Gasteiger partial charge is 0.481 e. The second-order valence-corrected chi connectivity index (χ2v) is 8.21. The monoisotopic (exact) mass is 558 g/mol. The molecule has 31 heavy (non-hydrogen) atoms. The highest BCUT2D eigenvalue weighted by Crippen LogP contribution is 2.28. The molecule has 8 nitrogen and oxygen atoms in total. The topological polar surface area (TPSA) is 108 Å². The number of esters is 1. The van der Waals surface area contributed by atoms with Gasteiger partial charge in [-0.15, -0.1) is 0 Å². The van der Waals surface area contributed by atoms with Gasteiger partial charge < -0.3 is 9.84 Å². The van der Waals surface area contributed by atoms with Crippen molar-refractivity contribution in [2.75, 3.05) is 0 Å². The summed E-state index contributed by atoms with van der Waals surface area (Å²) in [4.78, 5) is 48.0. The fourth-order valence-electron chi connectivity index (χ4n) is 2.69. The molecule has 0 spiro atoms. The smallest absolute Gasteiger partial charge is 0.431 e. The summed E-state index contributed by atoms with van der Waals surface area (Å²) in [6, 6.07) is 1.71. The van der Waals surface area contributed by atoms with Crippen molar-refractivity contribution in [3.05, 3.63) is 59.7 Å². The molecule has 0 saturated heterocycles. The number of carbonyl (C=O) groups excluding carboxylic acids is 1. The van der Waals surface area contributed by atoms with E-state index in [1.54, 1.807) is 22.6 Å². The molecule has 1 heterocycles. The molecule has 0 fully saturated rings. The van der Waals surface area contributed by atoms with Gasteiger partial charge in [0.1, 0.15) is 17.1 Å². The number of nitrogens with zero attached hydrogens (tertiary/aromatic N) is 2. The lowest BCUT2D eigenvalue weighted by molar-refractivity contribution is -0.144. The van der Waals surface area contributed by atoms with Crippen molar-refractivity contribution in [2.24, 2.45) is 7.05 Å². The number of alkyl halides is 3. The lowest BCUT2D eigenvalue weighted by Crippen LogP contribution is -2.41. The minimum Gasteiger partial charge on any atom is -0.481 e. The highest BCUT2D eigenvalue weighted by molar-refractivity contribution is 14.1. The van der Waals surface area contributed by atoms with E-state index in [9.17, 15) is 36.7 Å². The molecule has 0 aliphatic rings. The number of hydrogen-bond acceptors (Lipinski definition) is 5. The van der Waals surface area contributed by atoms with E-state index in [1.165, 1.54) is 13.8 Å². The number of aromatic nitrogens is 2. The number of halogens is 5. The van der Waals surface area contributed by atoms with E-state index in [-0.39, 0.29) is 24.3 Å². The number of carbonyl (C=O) groups is 2. The van der Waals surface area contributed by atoms with Crippen LogP contribution in [0.15, 0.2) is 27.8 Å². The molecule has 1 aromatic heterocycles. The van der Waals surface area contributed by atoms with Crippen LogP contribution in [0.1, 0.15) is 36.3 Å². The SMILES string of the molecule is Cn1c(C(F)(F)F)cc(=O)n(-c2cc(C(=O)OC(C)(C)CC(=O)O)c(I)cc2F)c1=O. The van der Waals surface area contributed by atoms with Crippen molar-refractivity contribution in [1.29, 1.82) is 0 Å². The molecular weight excluding hydrogens is 543 g/mol. The minimum atomic E-state index is -5.00. The molecule has 0 radical (unpaired) electrons. The average Bonchev–Trinajstić information content (AvgIpc) is 2.57. The molecular formula is C18H15F4IN2O6. The quantitative estimate of drug-likeness (QED) is 0.344. The van der Waals surface area contributed by atoms with Gasteiger partial charge in [0.15, 0.2) is 0 Å². The Bertz CT molecular complexity index is 1180. The number of carboxylic acid groups (broad SMARTS) is 1.